The zero-order valence-electron chi connectivity index (χ0n) is 34.2. The summed E-state index contributed by atoms with van der Waals surface area (Å²) in [6, 6.07) is 19.9. The number of esters is 3. The van der Waals surface area contributed by atoms with Crippen molar-refractivity contribution in [3.05, 3.63) is 119 Å². The van der Waals surface area contributed by atoms with E-state index >= 15 is 0 Å². The van der Waals surface area contributed by atoms with Gasteiger partial charge in [-0.05, 0) is 45.3 Å². The van der Waals surface area contributed by atoms with Gasteiger partial charge in [0, 0.05) is 32.4 Å². The van der Waals surface area contributed by atoms with Gasteiger partial charge in [0.05, 0.1) is 5.56 Å². The van der Waals surface area contributed by atoms with Crippen molar-refractivity contribution < 1.29 is 57.0 Å². The quantitative estimate of drug-likeness (QED) is 0.0209. The van der Waals surface area contributed by atoms with Crippen LogP contribution in [0.25, 0.3) is 0 Å². The van der Waals surface area contributed by atoms with E-state index in [1.165, 1.54) is 45.2 Å². The van der Waals surface area contributed by atoms with E-state index in [2.05, 4.69) is 36.3 Å². The molecule has 0 unspecified atom stereocenters. The second-order valence-electron chi connectivity index (χ2n) is 13.7. The van der Waals surface area contributed by atoms with Crippen molar-refractivity contribution in [2.45, 2.75) is 36.5 Å². The van der Waals surface area contributed by atoms with Gasteiger partial charge >= 0.3 is 29.9 Å². The molecule has 21 nitrogen and oxygen atoms in total. The zero-order chi connectivity index (χ0) is 46.2. The lowest BCUT2D eigenvalue weighted by molar-refractivity contribution is -0.154. The minimum atomic E-state index is -1.25. The molecule has 0 aliphatic carbocycles. The Bertz CT molecular complexity index is 2690. The minimum Gasteiger partial charge on any atom is -0.448 e. The highest BCUT2D eigenvalue weighted by molar-refractivity contribution is 8.01. The molecule has 24 heteroatoms. The lowest BCUT2D eigenvalue weighted by atomic mass is 10.0. The number of ether oxygens (including phenoxy) is 3. The summed E-state index contributed by atoms with van der Waals surface area (Å²) in [7, 11) is 1.66. The fraction of sp³-hybridized carbons (Fsp3) is 0.220. The van der Waals surface area contributed by atoms with Gasteiger partial charge in [-0.15, -0.1) is 28.5 Å². The van der Waals surface area contributed by atoms with Crippen LogP contribution in [0.2, 0.25) is 0 Å². The number of amides is 3. The van der Waals surface area contributed by atoms with Crippen molar-refractivity contribution in [1.29, 1.82) is 0 Å². The van der Waals surface area contributed by atoms with E-state index in [9.17, 15) is 33.6 Å². The Kier molecular flexibility index (Phi) is 14.3. The lowest BCUT2D eigenvalue weighted by Crippen LogP contribution is -2.71. The van der Waals surface area contributed by atoms with E-state index in [0.717, 1.165) is 26.2 Å². The number of benzene rings is 3. The van der Waals surface area contributed by atoms with Crippen molar-refractivity contribution in [1.82, 2.24) is 35.4 Å². The average molecular weight is 944 g/mol. The Morgan fingerprint density at radius 2 is 1.63 bits per heavy atom. The van der Waals surface area contributed by atoms with E-state index in [1.54, 1.807) is 7.05 Å². The number of rotatable bonds is 16. The van der Waals surface area contributed by atoms with Crippen LogP contribution >= 0.6 is 35.1 Å². The molecule has 2 N–H and O–H groups in total. The van der Waals surface area contributed by atoms with E-state index in [0.29, 0.717) is 21.9 Å². The number of oxazole rings is 1. The van der Waals surface area contributed by atoms with Gasteiger partial charge in [0.2, 0.25) is 11.1 Å². The molecule has 2 aliphatic heterocycles. The molecule has 1 fully saturated rings. The van der Waals surface area contributed by atoms with Crippen molar-refractivity contribution in [3.8, 4) is 11.5 Å². The van der Waals surface area contributed by atoms with Crippen LogP contribution < -0.4 is 20.1 Å². The third-order valence-electron chi connectivity index (χ3n) is 9.15. The Labute approximate surface area is 381 Å². The number of carbonyl (C=O) groups is 7. The molecular weight excluding hydrogens is 910 g/mol. The third kappa shape index (κ3) is 10.7. The van der Waals surface area contributed by atoms with Gasteiger partial charge in [0.25, 0.3) is 11.8 Å². The first kappa shape index (κ1) is 45.6. The highest BCUT2D eigenvalue weighted by Gasteiger charge is 2.55. The fourth-order valence-electron chi connectivity index (χ4n) is 6.28. The Morgan fingerprint density at radius 1 is 0.954 bits per heavy atom. The summed E-state index contributed by atoms with van der Waals surface area (Å²) in [4.78, 5) is 102. The summed E-state index contributed by atoms with van der Waals surface area (Å²) in [5, 5.41) is 19.8. The number of anilines is 1. The normalized spacial score (nSPS) is 15.7. The van der Waals surface area contributed by atoms with E-state index < -0.39 is 76.7 Å². The Hall–Kier alpha value is -7.37. The third-order valence-corrected chi connectivity index (χ3v) is 11.8. The molecule has 0 saturated carbocycles. The molecule has 0 spiro atoms. The summed E-state index contributed by atoms with van der Waals surface area (Å²) >= 11 is 8.10. The van der Waals surface area contributed by atoms with Crippen molar-refractivity contribution >= 4 is 88.4 Å². The molecule has 0 radical (unpaired) electrons. The van der Waals surface area contributed by atoms with Crippen LogP contribution in [-0.2, 0) is 45.4 Å². The predicted molar refractivity (Wildman–Crippen MR) is 229 cm³/mol. The van der Waals surface area contributed by atoms with E-state index in [1.807, 2.05) is 60.7 Å². The smallest absolute Gasteiger partial charge is 0.365 e. The Balaban J connectivity index is 1.16. The number of aryl methyl sites for hydroxylation is 1. The summed E-state index contributed by atoms with van der Waals surface area (Å²) in [6.45, 7) is 2.21. The molecule has 2 aromatic heterocycles. The zero-order valence-corrected chi connectivity index (χ0v) is 36.5. The van der Waals surface area contributed by atoms with Crippen molar-refractivity contribution in [3.63, 3.8) is 0 Å². The van der Waals surface area contributed by atoms with Gasteiger partial charge in [-0.1, -0.05) is 77.6 Å². The van der Waals surface area contributed by atoms with E-state index in [-0.39, 0.29) is 40.0 Å². The summed E-state index contributed by atoms with van der Waals surface area (Å²) in [5.74, 6) is -6.44. The molecule has 334 valence electrons. The molecule has 2 aliphatic rings. The monoisotopic (exact) mass is 943 g/mol. The van der Waals surface area contributed by atoms with Gasteiger partial charge in [-0.25, -0.2) is 14.3 Å². The second-order valence-corrected chi connectivity index (χ2v) is 16.0. The van der Waals surface area contributed by atoms with Crippen molar-refractivity contribution in [2.24, 2.45) is 12.2 Å². The van der Waals surface area contributed by atoms with Crippen LogP contribution in [0.3, 0.4) is 0 Å². The van der Waals surface area contributed by atoms with Gasteiger partial charge in [-0.2, -0.15) is 4.98 Å². The summed E-state index contributed by atoms with van der Waals surface area (Å²) < 4.78 is 23.1. The molecule has 7 rings (SSSR count). The number of aromatic nitrogens is 5. The number of nitrogens with zero attached hydrogens (tertiary/aromatic N) is 7. The molecule has 1 saturated heterocycles. The maximum absolute atomic E-state index is 14.5. The molecule has 3 amide bonds. The molecule has 65 heavy (non-hydrogen) atoms. The highest BCUT2D eigenvalue weighted by atomic mass is 35.5. The van der Waals surface area contributed by atoms with Crippen LogP contribution in [0, 0.1) is 0 Å². The standard InChI is InChI=1S/C41H34ClN9O12S2/c1-21(52)60-28-15-14-25(16-29(28)61-22(2)53)38(57)63-47-31(27-18-59-40(43-27)44-30(54)17-42)35(55)45-32-36(56)51-33(26(19-64-37(32)51)20-65-41-46-48-49-50(41)3)39(58)62-34(23-10-6-4-7-11-23)24-12-8-5-9-13-24/h4-16,18,32,34,37H,17,19-20H2,1-3H3,(H,45,55)(H,43,44,54)/t32-,37+/m1/s1. The number of hydrogen-bond acceptors (Lipinski definition) is 19. The van der Waals surface area contributed by atoms with Gasteiger partial charge in [0.15, 0.2) is 23.3 Å². The molecule has 3 aromatic carbocycles. The van der Waals surface area contributed by atoms with Crippen LogP contribution in [-0.4, -0.2) is 106 Å². The topological polar surface area (TPSA) is 266 Å². The molecule has 0 bridgehead atoms. The molecule has 5 aromatic rings. The van der Waals surface area contributed by atoms with Crippen LogP contribution in [0.1, 0.15) is 47.1 Å². The molecule has 4 heterocycles. The first-order valence-corrected chi connectivity index (χ1v) is 21.6. The maximum Gasteiger partial charge on any atom is 0.365 e. The van der Waals surface area contributed by atoms with Crippen LogP contribution in [0.15, 0.2) is 111 Å². The molecular formula is C41H34ClN9O12S2. The summed E-state index contributed by atoms with van der Waals surface area (Å²) in [5.41, 5.74) is 0.613. The first-order chi connectivity index (χ1) is 31.3. The fourth-order valence-corrected chi connectivity index (χ4v) is 8.68. The number of oxime groups is 1. The second kappa shape index (κ2) is 20.4. The average Bonchev–Trinajstić information content (AvgIpc) is 3.94. The Morgan fingerprint density at radius 3 is 2.26 bits per heavy atom. The minimum absolute atomic E-state index is 0.0180. The molecule has 2 atom stereocenters. The number of nitrogens with one attached hydrogen (secondary N) is 2. The summed E-state index contributed by atoms with van der Waals surface area (Å²) in [6.07, 6.45) is 0.0772. The number of tetrazole rings is 1. The predicted octanol–water partition coefficient (Wildman–Crippen LogP) is 3.57. The SMILES string of the molecule is CC(=O)Oc1ccc(C(=O)ON=C(C(=O)N[C@@H]2C(=O)N3C(C(=O)OC(c4ccccc4)c4ccccc4)=C(CSc4nnnn4C)CS[C@@H]23)c2coc(NC(=O)CCl)n2)cc1OC(C)=O. The number of halogens is 1. The van der Waals surface area contributed by atoms with Crippen LogP contribution in [0.5, 0.6) is 11.5 Å². The van der Waals surface area contributed by atoms with Crippen molar-refractivity contribution in [2.75, 3.05) is 22.7 Å². The maximum atomic E-state index is 14.5. The van der Waals surface area contributed by atoms with Crippen LogP contribution in [0.4, 0.5) is 6.01 Å². The highest BCUT2D eigenvalue weighted by Crippen LogP contribution is 2.43. The number of alkyl halides is 1. The van der Waals surface area contributed by atoms with Gasteiger partial charge in [0.1, 0.15) is 34.9 Å². The number of thioether (sulfide) groups is 2. The van der Waals surface area contributed by atoms with E-state index in [4.69, 9.17) is 35.1 Å². The lowest BCUT2D eigenvalue weighted by Gasteiger charge is -2.49. The van der Waals surface area contributed by atoms with Gasteiger partial charge in [-0.3, -0.25) is 34.2 Å². The first-order valence-electron chi connectivity index (χ1n) is 19.1. The largest absolute Gasteiger partial charge is 0.448 e. The number of hydrogen-bond donors (Lipinski definition) is 2. The number of fused-ring (bicyclic) bond motifs is 1. The van der Waals surface area contributed by atoms with Gasteiger partial charge < -0.3 is 28.8 Å². The number of carbonyl (C=O) groups excluding carboxylic acids is 7. The number of β-lactam (4-membered cyclic amide) rings is 1.